The lowest BCUT2D eigenvalue weighted by molar-refractivity contribution is -0.137. The van der Waals surface area contributed by atoms with Gasteiger partial charge in [-0.25, -0.2) is 9.78 Å². The van der Waals surface area contributed by atoms with Crippen LogP contribution in [0.25, 0.3) is 11.2 Å². The molecule has 11 nitrogen and oxygen atoms in total. The summed E-state index contributed by atoms with van der Waals surface area (Å²) in [6.07, 6.45) is 5.85. The van der Waals surface area contributed by atoms with E-state index in [1.807, 2.05) is 6.33 Å². The summed E-state index contributed by atoms with van der Waals surface area (Å²) in [4.78, 5) is 32.2. The van der Waals surface area contributed by atoms with Crippen molar-refractivity contribution < 1.29 is 22.8 Å². The number of piperidine rings is 1. The van der Waals surface area contributed by atoms with Gasteiger partial charge in [0.15, 0.2) is 17.0 Å². The Morgan fingerprint density at radius 3 is 2.30 bits per heavy atom. The molecule has 254 valence electrons. The van der Waals surface area contributed by atoms with Crippen molar-refractivity contribution >= 4 is 71.1 Å². The molecule has 3 heterocycles. The molecule has 0 bridgehead atoms. The van der Waals surface area contributed by atoms with Crippen LogP contribution < -0.4 is 21.7 Å². The largest absolute Gasteiger partial charge is 0.430 e. The second-order valence-electron chi connectivity index (χ2n) is 12.0. The average Bonchev–Trinajstić information content (AvgIpc) is 3.66. The Balaban J connectivity index is 0.00000240. The zero-order valence-corrected chi connectivity index (χ0v) is 27.5. The first-order valence-corrected chi connectivity index (χ1v) is 15.6. The van der Waals surface area contributed by atoms with E-state index in [4.69, 9.17) is 37.1 Å². The maximum absolute atomic E-state index is 13.4. The molecule has 2 aliphatic carbocycles. The third-order valence-electron chi connectivity index (χ3n) is 8.78. The number of benzene rings is 1. The van der Waals surface area contributed by atoms with Crippen molar-refractivity contribution in [3.05, 3.63) is 35.1 Å². The van der Waals surface area contributed by atoms with Crippen LogP contribution in [0, 0.1) is 0 Å². The number of halogens is 6. The molecule has 0 atom stereocenters. The van der Waals surface area contributed by atoms with E-state index < -0.39 is 23.5 Å². The van der Waals surface area contributed by atoms with Gasteiger partial charge in [-0.2, -0.15) is 23.1 Å². The molecular formula is C29H39Cl3F3N9O2. The van der Waals surface area contributed by atoms with Crippen LogP contribution in [0.4, 0.5) is 35.4 Å². The van der Waals surface area contributed by atoms with Gasteiger partial charge in [-0.3, -0.25) is 5.32 Å². The molecule has 2 saturated carbocycles. The van der Waals surface area contributed by atoms with Gasteiger partial charge in [-0.15, -0.1) is 29.9 Å². The number of hydrogen-bond donors (Lipinski definition) is 4. The van der Waals surface area contributed by atoms with Gasteiger partial charge in [0.25, 0.3) is 0 Å². The molecule has 0 unspecified atom stereocenters. The summed E-state index contributed by atoms with van der Waals surface area (Å²) in [6.45, 7) is 0.770. The number of imidazole rings is 1. The molecule has 0 radical (unpaired) electrons. The van der Waals surface area contributed by atoms with E-state index in [1.165, 1.54) is 24.0 Å². The van der Waals surface area contributed by atoms with Crippen molar-refractivity contribution in [3.63, 3.8) is 0 Å². The highest BCUT2D eigenvalue weighted by Gasteiger charge is 2.35. The molecule has 2 aromatic heterocycles. The van der Waals surface area contributed by atoms with Crippen LogP contribution in [0.1, 0.15) is 75.8 Å². The third kappa shape index (κ3) is 8.57. The SMILES string of the molecule is Cl.Cl.N[C@H]1CC[C@H](Nc2nc(NC3CCN(OC(=O)Nc4ccc(Cl)cc4C(F)(F)F)CC3)c3ncn(C4CCCC4)c3n2)CC1. The van der Waals surface area contributed by atoms with Crippen LogP contribution in [-0.4, -0.2) is 61.9 Å². The van der Waals surface area contributed by atoms with Gasteiger partial charge in [0.1, 0.15) is 0 Å². The maximum atomic E-state index is 13.4. The van der Waals surface area contributed by atoms with Gasteiger partial charge in [0, 0.05) is 42.3 Å². The number of carbonyl (C=O) groups excluding carboxylic acids is 1. The second kappa shape index (κ2) is 15.4. The Hall–Kier alpha value is -2.78. The maximum Gasteiger partial charge on any atom is 0.430 e. The van der Waals surface area contributed by atoms with Crippen LogP contribution >= 0.6 is 36.4 Å². The van der Waals surface area contributed by atoms with E-state index in [-0.39, 0.29) is 48.0 Å². The van der Waals surface area contributed by atoms with E-state index >= 15 is 0 Å². The number of aromatic nitrogens is 4. The van der Waals surface area contributed by atoms with Crippen molar-refractivity contribution in [2.75, 3.05) is 29.0 Å². The summed E-state index contributed by atoms with van der Waals surface area (Å²) in [5, 5.41) is 10.6. The van der Waals surface area contributed by atoms with Crippen molar-refractivity contribution in [2.24, 2.45) is 5.73 Å². The summed E-state index contributed by atoms with van der Waals surface area (Å²) in [5.74, 6) is 1.22. The first-order valence-electron chi connectivity index (χ1n) is 15.3. The number of anilines is 3. The molecule has 3 aromatic rings. The average molecular weight is 709 g/mol. The van der Waals surface area contributed by atoms with Gasteiger partial charge in [0.2, 0.25) is 5.95 Å². The van der Waals surface area contributed by atoms with Crippen molar-refractivity contribution in [1.29, 1.82) is 0 Å². The van der Waals surface area contributed by atoms with Gasteiger partial charge in [-0.1, -0.05) is 24.4 Å². The third-order valence-corrected chi connectivity index (χ3v) is 9.01. The molecule has 46 heavy (non-hydrogen) atoms. The number of alkyl halides is 3. The fourth-order valence-electron chi connectivity index (χ4n) is 6.37. The molecule has 0 spiro atoms. The topological polar surface area (TPSA) is 135 Å². The molecule has 17 heteroatoms. The van der Waals surface area contributed by atoms with E-state index in [1.54, 1.807) is 0 Å². The zero-order chi connectivity index (χ0) is 30.8. The molecule has 3 aliphatic rings. The molecule has 1 aromatic carbocycles. The summed E-state index contributed by atoms with van der Waals surface area (Å²) in [5.41, 5.74) is 6.16. The Morgan fingerprint density at radius 2 is 1.63 bits per heavy atom. The Labute approximate surface area is 282 Å². The molecule has 6 rings (SSSR count). The normalized spacial score (nSPS) is 21.3. The highest BCUT2D eigenvalue weighted by Crippen LogP contribution is 2.37. The number of hydroxylamine groups is 2. The molecule has 5 N–H and O–H groups in total. The molecule has 1 amide bonds. The van der Waals surface area contributed by atoms with Crippen molar-refractivity contribution in [1.82, 2.24) is 24.6 Å². The van der Waals surface area contributed by atoms with Crippen LogP contribution in [0.3, 0.4) is 0 Å². The monoisotopic (exact) mass is 707 g/mol. The van der Waals surface area contributed by atoms with Crippen LogP contribution in [0.5, 0.6) is 0 Å². The van der Waals surface area contributed by atoms with E-state index in [0.29, 0.717) is 43.7 Å². The lowest BCUT2D eigenvalue weighted by Gasteiger charge is -2.31. The zero-order valence-electron chi connectivity index (χ0n) is 25.1. The van der Waals surface area contributed by atoms with Crippen molar-refractivity contribution in [3.8, 4) is 0 Å². The molecular weight excluding hydrogens is 670 g/mol. The van der Waals surface area contributed by atoms with E-state index in [9.17, 15) is 18.0 Å². The lowest BCUT2D eigenvalue weighted by Crippen LogP contribution is -2.41. The van der Waals surface area contributed by atoms with Crippen LogP contribution in [0.2, 0.25) is 5.02 Å². The standard InChI is InChI=1S/C29H37ClF3N9O2.2ClH/c30-17-5-10-23(22(15-17)29(31,32)33)38-28(43)44-41-13-11-20(12-14-41)36-25-24-26(42(16-35-24)21-3-1-2-4-21)40-27(39-25)37-19-8-6-18(34)7-9-19;;/h5,10,15-16,18-21H,1-4,6-9,11-14,34H2,(H,38,43)(H2,36,37,39,40);2*1H/t18-,19-;;. The Bertz CT molecular complexity index is 1470. The fourth-order valence-corrected chi connectivity index (χ4v) is 6.54. The second-order valence-corrected chi connectivity index (χ2v) is 12.4. The minimum absolute atomic E-state index is 0. The van der Waals surface area contributed by atoms with Gasteiger partial charge >= 0.3 is 12.3 Å². The molecule has 1 aliphatic heterocycles. The number of nitrogens with two attached hydrogens (primary N) is 1. The lowest BCUT2D eigenvalue weighted by atomic mass is 9.92. The van der Waals surface area contributed by atoms with Crippen LogP contribution in [-0.2, 0) is 11.0 Å². The number of hydrogen-bond acceptors (Lipinski definition) is 9. The number of nitrogens with one attached hydrogen (secondary N) is 3. The van der Waals surface area contributed by atoms with Gasteiger partial charge in [0.05, 0.1) is 17.6 Å². The minimum atomic E-state index is -4.68. The predicted molar refractivity (Wildman–Crippen MR) is 176 cm³/mol. The number of amides is 1. The molecule has 1 saturated heterocycles. The number of nitrogens with zero attached hydrogens (tertiary/aromatic N) is 5. The summed E-state index contributed by atoms with van der Waals surface area (Å²) < 4.78 is 42.4. The summed E-state index contributed by atoms with van der Waals surface area (Å²) in [7, 11) is 0. The predicted octanol–water partition coefficient (Wildman–Crippen LogP) is 7.18. The van der Waals surface area contributed by atoms with Crippen LogP contribution in [0.15, 0.2) is 24.5 Å². The van der Waals surface area contributed by atoms with E-state index in [0.717, 1.165) is 61.8 Å². The quantitative estimate of drug-likeness (QED) is 0.201. The highest BCUT2D eigenvalue weighted by atomic mass is 35.5. The smallest absolute Gasteiger partial charge is 0.365 e. The number of carbonyl (C=O) groups is 1. The number of rotatable bonds is 7. The van der Waals surface area contributed by atoms with Gasteiger partial charge < -0.3 is 25.8 Å². The van der Waals surface area contributed by atoms with Gasteiger partial charge in [-0.05, 0) is 69.6 Å². The summed E-state index contributed by atoms with van der Waals surface area (Å²) >= 11 is 5.73. The highest BCUT2D eigenvalue weighted by molar-refractivity contribution is 6.30. The Morgan fingerprint density at radius 1 is 0.957 bits per heavy atom. The van der Waals surface area contributed by atoms with E-state index in [2.05, 4.69) is 20.5 Å². The molecule has 3 fully saturated rings. The fraction of sp³-hybridized carbons (Fsp3) is 0.586. The Kier molecular flexibility index (Phi) is 12.1. The van der Waals surface area contributed by atoms with Crippen molar-refractivity contribution in [2.45, 2.75) is 94.6 Å². The number of fused-ring (bicyclic) bond motifs is 1. The minimum Gasteiger partial charge on any atom is -0.365 e. The first kappa shape index (κ1) is 36.1. The first-order chi connectivity index (χ1) is 21.1. The summed E-state index contributed by atoms with van der Waals surface area (Å²) in [6, 6.07) is 4.03.